The lowest BCUT2D eigenvalue weighted by Gasteiger charge is -2.15. The molecule has 0 radical (unpaired) electrons. The second-order valence-electron chi connectivity index (χ2n) is 4.12. The van der Waals surface area contributed by atoms with E-state index in [9.17, 15) is 9.59 Å². The zero-order chi connectivity index (χ0) is 15.1. The molecule has 0 aliphatic rings. The molecule has 0 spiro atoms. The minimum atomic E-state index is -1.05. The van der Waals surface area contributed by atoms with Gasteiger partial charge in [0.2, 0.25) is 0 Å². The Morgan fingerprint density at radius 1 is 1.40 bits per heavy atom. The molecule has 0 fully saturated rings. The molecule has 20 heavy (non-hydrogen) atoms. The molecule has 5 nitrogen and oxygen atoms in total. The summed E-state index contributed by atoms with van der Waals surface area (Å²) < 4.78 is 6.31. The van der Waals surface area contributed by atoms with Crippen LogP contribution in [0.1, 0.15) is 23.2 Å². The lowest BCUT2D eigenvalue weighted by molar-refractivity contribution is -0.139. The Morgan fingerprint density at radius 2 is 2.10 bits per heavy atom. The number of benzene rings is 1. The average molecular weight is 409 g/mol. The first-order valence-electron chi connectivity index (χ1n) is 5.93. The van der Waals surface area contributed by atoms with Crippen LogP contribution in [-0.4, -0.2) is 36.7 Å². The number of rotatable bonds is 7. The first-order chi connectivity index (χ1) is 9.45. The van der Waals surface area contributed by atoms with Crippen molar-refractivity contribution in [2.24, 2.45) is 0 Å². The largest absolute Gasteiger partial charge is 0.480 e. The van der Waals surface area contributed by atoms with Crippen LogP contribution in [0.25, 0.3) is 0 Å². The van der Waals surface area contributed by atoms with Crippen molar-refractivity contribution in [2.75, 3.05) is 13.7 Å². The predicted octanol–water partition coefficient (Wildman–Crippen LogP) is 2.82. The summed E-state index contributed by atoms with van der Waals surface area (Å²) in [6.07, 6.45) is 0.887. The summed E-state index contributed by atoms with van der Waals surface area (Å²) in [7, 11) is 1.55. The van der Waals surface area contributed by atoms with Crippen molar-refractivity contribution in [1.82, 2.24) is 5.32 Å². The molecule has 1 amide bonds. The number of amides is 1. The molecular formula is C13H15Br2NO4. The number of nitrogens with one attached hydrogen (secondary N) is 1. The molecule has 0 bridgehead atoms. The maximum atomic E-state index is 12.1. The van der Waals surface area contributed by atoms with E-state index in [-0.39, 0.29) is 0 Å². The van der Waals surface area contributed by atoms with E-state index in [1.54, 1.807) is 25.3 Å². The molecule has 1 unspecified atom stereocenters. The molecule has 0 aliphatic heterocycles. The summed E-state index contributed by atoms with van der Waals surface area (Å²) >= 11 is 6.57. The Labute approximate surface area is 134 Å². The Kier molecular flexibility index (Phi) is 7.18. The third kappa shape index (κ3) is 5.22. The van der Waals surface area contributed by atoms with Crippen LogP contribution < -0.4 is 5.32 Å². The molecular weight excluding hydrogens is 394 g/mol. The highest BCUT2D eigenvalue weighted by molar-refractivity contribution is 9.11. The molecule has 1 atom stereocenters. The van der Waals surface area contributed by atoms with E-state index >= 15 is 0 Å². The van der Waals surface area contributed by atoms with Crippen molar-refractivity contribution in [3.05, 3.63) is 32.7 Å². The highest BCUT2D eigenvalue weighted by atomic mass is 79.9. The monoisotopic (exact) mass is 407 g/mol. The molecule has 0 saturated carbocycles. The van der Waals surface area contributed by atoms with Gasteiger partial charge in [0, 0.05) is 22.7 Å². The summed E-state index contributed by atoms with van der Waals surface area (Å²) in [6, 6.07) is 4.15. The van der Waals surface area contributed by atoms with Crippen LogP contribution in [0, 0.1) is 0 Å². The van der Waals surface area contributed by atoms with Crippen LogP contribution >= 0.6 is 31.9 Å². The minimum Gasteiger partial charge on any atom is -0.480 e. The van der Waals surface area contributed by atoms with Gasteiger partial charge >= 0.3 is 5.97 Å². The standard InChI is InChI=1S/C13H15Br2NO4/c1-20-6-2-3-11(13(18)19)16-12(17)9-5-4-8(14)7-10(9)15/h4-5,7,11H,2-3,6H2,1H3,(H,16,17)(H,18,19). The van der Waals surface area contributed by atoms with Crippen LogP contribution in [0.5, 0.6) is 0 Å². The lowest BCUT2D eigenvalue weighted by Crippen LogP contribution is -2.41. The number of halogens is 2. The van der Waals surface area contributed by atoms with Gasteiger partial charge < -0.3 is 15.2 Å². The predicted molar refractivity (Wildman–Crippen MR) is 81.8 cm³/mol. The molecule has 110 valence electrons. The average Bonchev–Trinajstić information content (AvgIpc) is 2.37. The van der Waals surface area contributed by atoms with Crippen molar-refractivity contribution >= 4 is 43.7 Å². The quantitative estimate of drug-likeness (QED) is 0.680. The second-order valence-corrected chi connectivity index (χ2v) is 5.89. The Balaban J connectivity index is 2.72. The summed E-state index contributed by atoms with van der Waals surface area (Å²) in [6.45, 7) is 0.460. The van der Waals surface area contributed by atoms with Gasteiger partial charge in [-0.2, -0.15) is 0 Å². The SMILES string of the molecule is COCCCC(NC(=O)c1ccc(Br)cc1Br)C(=O)O. The number of carbonyl (C=O) groups is 2. The number of aliphatic carboxylic acids is 1. The summed E-state index contributed by atoms with van der Waals surface area (Å²) in [5.41, 5.74) is 0.395. The van der Waals surface area contributed by atoms with E-state index in [1.165, 1.54) is 0 Å². The maximum Gasteiger partial charge on any atom is 0.326 e. The van der Waals surface area contributed by atoms with Crippen molar-refractivity contribution in [1.29, 1.82) is 0 Å². The molecule has 7 heteroatoms. The zero-order valence-corrected chi connectivity index (χ0v) is 14.0. The number of hydrogen-bond donors (Lipinski definition) is 2. The van der Waals surface area contributed by atoms with Gasteiger partial charge in [0.05, 0.1) is 5.56 Å². The van der Waals surface area contributed by atoms with Gasteiger partial charge in [-0.3, -0.25) is 4.79 Å². The van der Waals surface area contributed by atoms with Crippen molar-refractivity contribution < 1.29 is 19.4 Å². The maximum absolute atomic E-state index is 12.1. The molecule has 1 aromatic rings. The normalized spacial score (nSPS) is 11.9. The topological polar surface area (TPSA) is 75.6 Å². The first-order valence-corrected chi connectivity index (χ1v) is 7.52. The highest BCUT2D eigenvalue weighted by Gasteiger charge is 2.21. The van der Waals surface area contributed by atoms with Gasteiger partial charge in [0.15, 0.2) is 0 Å². The second kappa shape index (κ2) is 8.39. The molecule has 1 aromatic carbocycles. The van der Waals surface area contributed by atoms with Gasteiger partial charge in [0.1, 0.15) is 6.04 Å². The molecule has 0 heterocycles. The van der Waals surface area contributed by atoms with Crippen LogP contribution in [0.15, 0.2) is 27.1 Å². The van der Waals surface area contributed by atoms with E-state index in [4.69, 9.17) is 9.84 Å². The van der Waals surface area contributed by atoms with Crippen LogP contribution in [0.3, 0.4) is 0 Å². The molecule has 0 aromatic heterocycles. The number of carbonyl (C=O) groups excluding carboxylic acids is 1. The zero-order valence-electron chi connectivity index (χ0n) is 10.9. The lowest BCUT2D eigenvalue weighted by atomic mass is 10.1. The third-order valence-corrected chi connectivity index (χ3v) is 3.77. The summed E-state index contributed by atoms with van der Waals surface area (Å²) in [5, 5.41) is 11.6. The smallest absolute Gasteiger partial charge is 0.326 e. The van der Waals surface area contributed by atoms with Gasteiger partial charge in [-0.1, -0.05) is 15.9 Å². The van der Waals surface area contributed by atoms with Crippen LogP contribution in [0.4, 0.5) is 0 Å². The third-order valence-electron chi connectivity index (χ3n) is 2.62. The van der Waals surface area contributed by atoms with E-state index in [0.29, 0.717) is 29.5 Å². The number of methoxy groups -OCH3 is 1. The fourth-order valence-corrected chi connectivity index (χ4v) is 2.83. The van der Waals surface area contributed by atoms with Gasteiger partial charge in [0.25, 0.3) is 5.91 Å². The minimum absolute atomic E-state index is 0.322. The molecule has 2 N–H and O–H groups in total. The van der Waals surface area contributed by atoms with Gasteiger partial charge in [-0.05, 0) is 47.0 Å². The molecule has 1 rings (SSSR count). The van der Waals surface area contributed by atoms with Crippen molar-refractivity contribution in [3.63, 3.8) is 0 Å². The number of carboxylic acids is 1. The van der Waals surface area contributed by atoms with Crippen molar-refractivity contribution in [2.45, 2.75) is 18.9 Å². The first kappa shape index (κ1) is 17.1. The summed E-state index contributed by atoms with van der Waals surface area (Å²) in [5.74, 6) is -1.48. The van der Waals surface area contributed by atoms with E-state index in [2.05, 4.69) is 37.2 Å². The highest BCUT2D eigenvalue weighted by Crippen LogP contribution is 2.22. The summed E-state index contributed by atoms with van der Waals surface area (Å²) in [4.78, 5) is 23.2. The van der Waals surface area contributed by atoms with Crippen LogP contribution in [0.2, 0.25) is 0 Å². The Hall–Kier alpha value is -0.920. The number of ether oxygens (including phenoxy) is 1. The fraction of sp³-hybridized carbons (Fsp3) is 0.385. The van der Waals surface area contributed by atoms with Crippen LogP contribution in [-0.2, 0) is 9.53 Å². The van der Waals surface area contributed by atoms with Crippen molar-refractivity contribution in [3.8, 4) is 0 Å². The molecule has 0 saturated heterocycles. The Bertz CT molecular complexity index is 493. The Morgan fingerprint density at radius 3 is 2.65 bits per heavy atom. The number of carboxylic acid groups (broad SMARTS) is 1. The van der Waals surface area contributed by atoms with Gasteiger partial charge in [-0.15, -0.1) is 0 Å². The van der Waals surface area contributed by atoms with Gasteiger partial charge in [-0.25, -0.2) is 4.79 Å². The fourth-order valence-electron chi connectivity index (χ4n) is 1.60. The van der Waals surface area contributed by atoms with E-state index < -0.39 is 17.9 Å². The number of hydrogen-bond acceptors (Lipinski definition) is 3. The molecule has 0 aliphatic carbocycles. The van der Waals surface area contributed by atoms with E-state index in [0.717, 1.165) is 4.47 Å². The van der Waals surface area contributed by atoms with E-state index in [1.807, 2.05) is 0 Å².